The van der Waals surface area contributed by atoms with Crippen LogP contribution in [0.3, 0.4) is 0 Å². The molecule has 1 aromatic rings. The summed E-state index contributed by atoms with van der Waals surface area (Å²) in [5.41, 5.74) is 0.796. The number of thioether (sulfide) groups is 1. The van der Waals surface area contributed by atoms with E-state index in [2.05, 4.69) is 4.90 Å². The van der Waals surface area contributed by atoms with Crippen molar-refractivity contribution in [3.63, 3.8) is 0 Å². The quantitative estimate of drug-likeness (QED) is 0.622. The van der Waals surface area contributed by atoms with Gasteiger partial charge in [-0.15, -0.1) is 0 Å². The monoisotopic (exact) mass is 279 g/mol. The van der Waals surface area contributed by atoms with Crippen LogP contribution < -0.4 is 0 Å². The van der Waals surface area contributed by atoms with Crippen LogP contribution in [-0.2, 0) is 0 Å². The van der Waals surface area contributed by atoms with Gasteiger partial charge in [0.05, 0.1) is 0 Å². The SMILES string of the molecule is O=C(CCSC(=S)N1CCCC1)c1ccccc1. The number of Topliss-reactive ketones (excluding diaryl/α,β-unsaturated/α-hetero) is 1. The second kappa shape index (κ2) is 6.90. The molecule has 0 unspecified atom stereocenters. The number of benzene rings is 1. The fourth-order valence-electron chi connectivity index (χ4n) is 1.99. The van der Waals surface area contributed by atoms with Crippen LogP contribution in [0.5, 0.6) is 0 Å². The molecule has 0 amide bonds. The molecule has 0 spiro atoms. The van der Waals surface area contributed by atoms with Crippen molar-refractivity contribution in [2.24, 2.45) is 0 Å². The summed E-state index contributed by atoms with van der Waals surface area (Å²) >= 11 is 6.99. The van der Waals surface area contributed by atoms with E-state index in [0.717, 1.165) is 28.7 Å². The van der Waals surface area contributed by atoms with Gasteiger partial charge in [-0.05, 0) is 12.8 Å². The van der Waals surface area contributed by atoms with Crippen molar-refractivity contribution in [2.75, 3.05) is 18.8 Å². The average molecular weight is 279 g/mol. The number of hydrogen-bond donors (Lipinski definition) is 0. The predicted octanol–water partition coefficient (Wildman–Crippen LogP) is 3.37. The Morgan fingerprint density at radius 2 is 1.89 bits per heavy atom. The van der Waals surface area contributed by atoms with Crippen LogP contribution in [0, 0.1) is 0 Å². The summed E-state index contributed by atoms with van der Waals surface area (Å²) in [5.74, 6) is 0.982. The number of likely N-dealkylation sites (tertiary alicyclic amines) is 1. The summed E-state index contributed by atoms with van der Waals surface area (Å²) in [6.07, 6.45) is 3.04. The molecule has 0 bridgehead atoms. The summed E-state index contributed by atoms with van der Waals surface area (Å²) in [4.78, 5) is 14.1. The maximum Gasteiger partial charge on any atom is 0.163 e. The maximum absolute atomic E-state index is 11.9. The van der Waals surface area contributed by atoms with E-state index >= 15 is 0 Å². The van der Waals surface area contributed by atoms with E-state index in [1.807, 2.05) is 30.3 Å². The van der Waals surface area contributed by atoms with Crippen LogP contribution in [-0.4, -0.2) is 33.8 Å². The normalized spacial score (nSPS) is 14.8. The molecule has 1 fully saturated rings. The lowest BCUT2D eigenvalue weighted by atomic mass is 10.1. The molecule has 0 atom stereocenters. The molecule has 4 heteroatoms. The zero-order chi connectivity index (χ0) is 12.8. The molecular formula is C14H17NOS2. The first kappa shape index (κ1) is 13.6. The zero-order valence-corrected chi connectivity index (χ0v) is 11.9. The van der Waals surface area contributed by atoms with Gasteiger partial charge in [0, 0.05) is 30.8 Å². The number of ketones is 1. The molecule has 0 radical (unpaired) electrons. The number of hydrogen-bond acceptors (Lipinski definition) is 3. The first-order chi connectivity index (χ1) is 8.77. The first-order valence-corrected chi connectivity index (χ1v) is 7.67. The Kier molecular flexibility index (Phi) is 5.20. The minimum atomic E-state index is 0.201. The van der Waals surface area contributed by atoms with Gasteiger partial charge in [-0.3, -0.25) is 4.79 Å². The highest BCUT2D eigenvalue weighted by atomic mass is 32.2. The lowest BCUT2D eigenvalue weighted by Crippen LogP contribution is -2.23. The van der Waals surface area contributed by atoms with E-state index in [1.165, 1.54) is 12.8 Å². The second-order valence-corrected chi connectivity index (χ2v) is 6.08. The molecule has 1 aromatic carbocycles. The molecule has 2 nitrogen and oxygen atoms in total. The highest BCUT2D eigenvalue weighted by Gasteiger charge is 2.15. The Hall–Kier alpha value is -0.870. The highest BCUT2D eigenvalue weighted by molar-refractivity contribution is 8.22. The second-order valence-electron chi connectivity index (χ2n) is 4.35. The van der Waals surface area contributed by atoms with Crippen molar-refractivity contribution >= 4 is 34.1 Å². The van der Waals surface area contributed by atoms with Crippen LogP contribution in [0.15, 0.2) is 30.3 Å². The topological polar surface area (TPSA) is 20.3 Å². The third kappa shape index (κ3) is 3.82. The standard InChI is InChI=1S/C14H17NOS2/c16-13(12-6-2-1-3-7-12)8-11-18-14(17)15-9-4-5-10-15/h1-3,6-7H,4-5,8-11H2. The number of nitrogens with zero attached hydrogens (tertiary/aromatic N) is 1. The molecule has 0 aliphatic carbocycles. The minimum absolute atomic E-state index is 0.201. The van der Waals surface area contributed by atoms with Gasteiger partial charge >= 0.3 is 0 Å². The largest absolute Gasteiger partial charge is 0.358 e. The number of thiocarbonyl (C=S) groups is 1. The van der Waals surface area contributed by atoms with Crippen molar-refractivity contribution in [3.8, 4) is 0 Å². The minimum Gasteiger partial charge on any atom is -0.358 e. The Morgan fingerprint density at radius 1 is 1.22 bits per heavy atom. The highest BCUT2D eigenvalue weighted by Crippen LogP contribution is 2.17. The van der Waals surface area contributed by atoms with Gasteiger partial charge in [0.1, 0.15) is 4.32 Å². The third-order valence-corrected chi connectivity index (χ3v) is 4.54. The summed E-state index contributed by atoms with van der Waals surface area (Å²) in [7, 11) is 0. The van der Waals surface area contributed by atoms with Crippen LogP contribution in [0.2, 0.25) is 0 Å². The predicted molar refractivity (Wildman–Crippen MR) is 81.3 cm³/mol. The number of carbonyl (C=O) groups is 1. The van der Waals surface area contributed by atoms with E-state index in [9.17, 15) is 4.79 Å². The van der Waals surface area contributed by atoms with Crippen molar-refractivity contribution < 1.29 is 4.79 Å². The molecule has 1 aliphatic heterocycles. The van der Waals surface area contributed by atoms with Crippen molar-refractivity contribution in [1.29, 1.82) is 0 Å². The van der Waals surface area contributed by atoms with E-state index in [4.69, 9.17) is 12.2 Å². The fraction of sp³-hybridized carbons (Fsp3) is 0.429. The van der Waals surface area contributed by atoms with Gasteiger partial charge in [-0.1, -0.05) is 54.3 Å². The van der Waals surface area contributed by atoms with Gasteiger partial charge in [0.15, 0.2) is 5.78 Å². The Balaban J connectivity index is 1.72. The summed E-state index contributed by atoms with van der Waals surface area (Å²) in [5, 5.41) is 0. The molecule has 1 aliphatic rings. The van der Waals surface area contributed by atoms with E-state index < -0.39 is 0 Å². The third-order valence-electron chi connectivity index (χ3n) is 3.01. The number of carbonyl (C=O) groups excluding carboxylic acids is 1. The first-order valence-electron chi connectivity index (χ1n) is 6.27. The zero-order valence-electron chi connectivity index (χ0n) is 10.3. The molecule has 0 N–H and O–H groups in total. The molecular weight excluding hydrogens is 262 g/mol. The summed E-state index contributed by atoms with van der Waals surface area (Å²) in [6, 6.07) is 9.45. The van der Waals surface area contributed by atoms with Crippen LogP contribution in [0.25, 0.3) is 0 Å². The molecule has 1 saturated heterocycles. The molecule has 2 rings (SSSR count). The molecule has 96 valence electrons. The van der Waals surface area contributed by atoms with Gasteiger partial charge in [-0.2, -0.15) is 0 Å². The van der Waals surface area contributed by atoms with Crippen LogP contribution in [0.4, 0.5) is 0 Å². The average Bonchev–Trinajstić information content (AvgIpc) is 2.93. The van der Waals surface area contributed by atoms with Crippen molar-refractivity contribution in [1.82, 2.24) is 4.90 Å². The lowest BCUT2D eigenvalue weighted by Gasteiger charge is -2.17. The van der Waals surface area contributed by atoms with Gasteiger partial charge < -0.3 is 4.90 Å². The van der Waals surface area contributed by atoms with E-state index in [1.54, 1.807) is 11.8 Å². The Labute approximate surface area is 118 Å². The van der Waals surface area contributed by atoms with Crippen LogP contribution in [0.1, 0.15) is 29.6 Å². The van der Waals surface area contributed by atoms with Crippen LogP contribution >= 0.6 is 24.0 Å². The molecule has 0 saturated carbocycles. The van der Waals surface area contributed by atoms with Gasteiger partial charge in [-0.25, -0.2) is 0 Å². The van der Waals surface area contributed by atoms with Crippen molar-refractivity contribution in [3.05, 3.63) is 35.9 Å². The lowest BCUT2D eigenvalue weighted by molar-refractivity contribution is 0.0989. The van der Waals surface area contributed by atoms with E-state index in [0.29, 0.717) is 6.42 Å². The Morgan fingerprint density at radius 3 is 2.56 bits per heavy atom. The fourth-order valence-corrected chi connectivity index (χ4v) is 3.25. The van der Waals surface area contributed by atoms with Gasteiger partial charge in [0.2, 0.25) is 0 Å². The number of rotatable bonds is 4. The Bertz CT molecular complexity index is 413. The molecule has 18 heavy (non-hydrogen) atoms. The molecule has 1 heterocycles. The smallest absolute Gasteiger partial charge is 0.163 e. The maximum atomic E-state index is 11.9. The molecule has 0 aromatic heterocycles. The van der Waals surface area contributed by atoms with Crippen molar-refractivity contribution in [2.45, 2.75) is 19.3 Å². The summed E-state index contributed by atoms with van der Waals surface area (Å²) in [6.45, 7) is 2.16. The summed E-state index contributed by atoms with van der Waals surface area (Å²) < 4.78 is 0.952. The van der Waals surface area contributed by atoms with E-state index in [-0.39, 0.29) is 5.78 Å². The van der Waals surface area contributed by atoms with Gasteiger partial charge in [0.25, 0.3) is 0 Å².